The average molecular weight is 248 g/mol. The fourth-order valence-corrected chi connectivity index (χ4v) is 1.25. The third kappa shape index (κ3) is 3.70. The van der Waals surface area contributed by atoms with Gasteiger partial charge in [0.1, 0.15) is 6.10 Å². The summed E-state index contributed by atoms with van der Waals surface area (Å²) < 4.78 is 5.21. The highest BCUT2D eigenvalue weighted by Gasteiger charge is 2.09. The van der Waals surface area contributed by atoms with Gasteiger partial charge in [-0.1, -0.05) is 29.3 Å². The fraction of sp³-hybridized carbons (Fsp3) is 0.300. The molecule has 5 heteroatoms. The molecule has 0 saturated carbocycles. The van der Waals surface area contributed by atoms with E-state index in [9.17, 15) is 4.79 Å². The molecule has 1 atom stereocenters. The van der Waals surface area contributed by atoms with Crippen molar-refractivity contribution < 1.29 is 9.53 Å². The predicted molar refractivity (Wildman–Crippen MR) is 59.9 cm³/mol. The summed E-state index contributed by atoms with van der Waals surface area (Å²) in [6, 6.07) is 5.15. The number of halogens is 2. The van der Waals surface area contributed by atoms with Crippen molar-refractivity contribution in [3.8, 4) is 0 Å². The summed E-state index contributed by atoms with van der Waals surface area (Å²) in [4.78, 5) is 10.7. The van der Waals surface area contributed by atoms with Crippen molar-refractivity contribution in [2.75, 3.05) is 0 Å². The van der Waals surface area contributed by atoms with Crippen LogP contribution in [0.4, 0.5) is 0 Å². The molecule has 0 aliphatic carbocycles. The van der Waals surface area contributed by atoms with Crippen molar-refractivity contribution in [3.63, 3.8) is 0 Å². The minimum atomic E-state index is -0.612. The minimum absolute atomic E-state index is 0.279. The Morgan fingerprint density at radius 1 is 1.47 bits per heavy atom. The Bertz CT molecular complexity index is 368. The molecule has 15 heavy (non-hydrogen) atoms. The van der Waals surface area contributed by atoms with Gasteiger partial charge in [-0.15, -0.1) is 0 Å². The molecular formula is C10H11Cl2NO2. The van der Waals surface area contributed by atoms with Gasteiger partial charge in [-0.2, -0.15) is 0 Å². The van der Waals surface area contributed by atoms with Crippen LogP contribution in [0.2, 0.25) is 10.0 Å². The van der Waals surface area contributed by atoms with Crippen LogP contribution in [0.15, 0.2) is 18.2 Å². The summed E-state index contributed by atoms with van der Waals surface area (Å²) in [5, 5.41) is 0.952. The normalized spacial score (nSPS) is 12.5. The number of amides is 1. The van der Waals surface area contributed by atoms with Gasteiger partial charge in [-0.3, -0.25) is 4.79 Å². The summed E-state index contributed by atoms with van der Waals surface area (Å²) in [7, 11) is 0. The van der Waals surface area contributed by atoms with E-state index in [1.54, 1.807) is 25.1 Å². The van der Waals surface area contributed by atoms with Crippen LogP contribution >= 0.6 is 23.2 Å². The number of carbonyl (C=O) groups excluding carboxylic acids is 1. The molecule has 0 saturated heterocycles. The summed E-state index contributed by atoms with van der Waals surface area (Å²) in [5.74, 6) is -0.491. The van der Waals surface area contributed by atoms with E-state index in [1.165, 1.54) is 0 Å². The number of nitrogens with two attached hydrogens (primary N) is 1. The van der Waals surface area contributed by atoms with Crippen molar-refractivity contribution in [1.29, 1.82) is 0 Å². The fourth-order valence-electron chi connectivity index (χ4n) is 0.933. The van der Waals surface area contributed by atoms with E-state index in [0.717, 1.165) is 5.56 Å². The van der Waals surface area contributed by atoms with Crippen LogP contribution < -0.4 is 5.73 Å². The molecule has 0 radical (unpaired) electrons. The molecule has 0 aromatic heterocycles. The molecule has 1 unspecified atom stereocenters. The van der Waals surface area contributed by atoms with Crippen LogP contribution in [0, 0.1) is 0 Å². The summed E-state index contributed by atoms with van der Waals surface area (Å²) in [6.45, 7) is 1.88. The highest BCUT2D eigenvalue weighted by atomic mass is 35.5. The number of hydrogen-bond donors (Lipinski definition) is 1. The predicted octanol–water partition coefficient (Wildman–Crippen LogP) is 2.38. The second-order valence-electron chi connectivity index (χ2n) is 3.10. The van der Waals surface area contributed by atoms with Crippen molar-refractivity contribution >= 4 is 29.1 Å². The van der Waals surface area contributed by atoms with Gasteiger partial charge in [0, 0.05) is 0 Å². The zero-order valence-corrected chi connectivity index (χ0v) is 9.68. The van der Waals surface area contributed by atoms with E-state index < -0.39 is 12.0 Å². The minimum Gasteiger partial charge on any atom is -0.367 e. The second-order valence-corrected chi connectivity index (χ2v) is 3.92. The van der Waals surface area contributed by atoms with Crippen LogP contribution in [-0.4, -0.2) is 12.0 Å². The van der Waals surface area contributed by atoms with Crippen LogP contribution in [0.3, 0.4) is 0 Å². The van der Waals surface area contributed by atoms with Crippen molar-refractivity contribution in [3.05, 3.63) is 33.8 Å². The first-order chi connectivity index (χ1) is 7.00. The average Bonchev–Trinajstić information content (AvgIpc) is 2.19. The molecule has 0 aliphatic rings. The quantitative estimate of drug-likeness (QED) is 0.889. The molecule has 1 amide bonds. The molecule has 1 rings (SSSR count). The number of primary amides is 1. The van der Waals surface area contributed by atoms with E-state index in [0.29, 0.717) is 10.0 Å². The monoisotopic (exact) mass is 247 g/mol. The zero-order valence-electron chi connectivity index (χ0n) is 8.17. The second kappa shape index (κ2) is 5.35. The van der Waals surface area contributed by atoms with Gasteiger partial charge >= 0.3 is 0 Å². The molecule has 2 N–H and O–H groups in total. The Morgan fingerprint density at radius 2 is 2.13 bits per heavy atom. The maximum Gasteiger partial charge on any atom is 0.246 e. The third-order valence-electron chi connectivity index (χ3n) is 1.88. The van der Waals surface area contributed by atoms with Crippen molar-refractivity contribution in [2.24, 2.45) is 5.73 Å². The smallest absolute Gasteiger partial charge is 0.246 e. The molecule has 1 aromatic carbocycles. The van der Waals surface area contributed by atoms with E-state index in [4.69, 9.17) is 33.7 Å². The van der Waals surface area contributed by atoms with Gasteiger partial charge in [0.25, 0.3) is 0 Å². The van der Waals surface area contributed by atoms with Crippen molar-refractivity contribution in [1.82, 2.24) is 0 Å². The van der Waals surface area contributed by atoms with E-state index >= 15 is 0 Å². The molecular weight excluding hydrogens is 237 g/mol. The first kappa shape index (κ1) is 12.3. The molecule has 0 fully saturated rings. The highest BCUT2D eigenvalue weighted by molar-refractivity contribution is 6.42. The van der Waals surface area contributed by atoms with Gasteiger partial charge in [-0.25, -0.2) is 0 Å². The number of ether oxygens (including phenoxy) is 1. The molecule has 0 bridgehead atoms. The lowest BCUT2D eigenvalue weighted by Crippen LogP contribution is -2.28. The maximum absolute atomic E-state index is 10.7. The Balaban J connectivity index is 2.58. The van der Waals surface area contributed by atoms with Gasteiger partial charge in [0.15, 0.2) is 0 Å². The van der Waals surface area contributed by atoms with Crippen molar-refractivity contribution in [2.45, 2.75) is 19.6 Å². The van der Waals surface area contributed by atoms with Gasteiger partial charge < -0.3 is 10.5 Å². The highest BCUT2D eigenvalue weighted by Crippen LogP contribution is 2.22. The van der Waals surface area contributed by atoms with E-state index in [2.05, 4.69) is 0 Å². The molecule has 0 spiro atoms. The van der Waals surface area contributed by atoms with Crippen LogP contribution in [0.1, 0.15) is 12.5 Å². The summed E-state index contributed by atoms with van der Waals surface area (Å²) in [6.07, 6.45) is -0.612. The number of rotatable bonds is 4. The number of benzene rings is 1. The zero-order chi connectivity index (χ0) is 11.4. The molecule has 0 aliphatic heterocycles. The summed E-state index contributed by atoms with van der Waals surface area (Å²) in [5.41, 5.74) is 5.89. The Kier molecular flexibility index (Phi) is 4.39. The standard InChI is InChI=1S/C10H11Cl2NO2/c1-6(10(13)14)15-5-7-2-3-8(11)9(12)4-7/h2-4,6H,5H2,1H3,(H2,13,14). The largest absolute Gasteiger partial charge is 0.367 e. The number of hydrogen-bond acceptors (Lipinski definition) is 2. The SMILES string of the molecule is CC(OCc1ccc(Cl)c(Cl)c1)C(N)=O. The molecule has 3 nitrogen and oxygen atoms in total. The van der Waals surface area contributed by atoms with Crippen LogP contribution in [0.25, 0.3) is 0 Å². The first-order valence-electron chi connectivity index (χ1n) is 4.35. The van der Waals surface area contributed by atoms with Gasteiger partial charge in [0.2, 0.25) is 5.91 Å². The first-order valence-corrected chi connectivity index (χ1v) is 5.11. The summed E-state index contributed by atoms with van der Waals surface area (Å²) >= 11 is 11.6. The van der Waals surface area contributed by atoms with Crippen LogP contribution in [0.5, 0.6) is 0 Å². The Hall–Kier alpha value is -0.770. The van der Waals surface area contributed by atoms with Crippen LogP contribution in [-0.2, 0) is 16.1 Å². The van der Waals surface area contributed by atoms with Gasteiger partial charge in [-0.05, 0) is 24.6 Å². The lowest BCUT2D eigenvalue weighted by molar-refractivity contribution is -0.129. The Morgan fingerprint density at radius 3 is 2.67 bits per heavy atom. The van der Waals surface area contributed by atoms with Gasteiger partial charge in [0.05, 0.1) is 16.7 Å². The molecule has 1 aromatic rings. The van der Waals surface area contributed by atoms with E-state index in [1.807, 2.05) is 0 Å². The topological polar surface area (TPSA) is 52.3 Å². The maximum atomic E-state index is 10.7. The molecule has 0 heterocycles. The third-order valence-corrected chi connectivity index (χ3v) is 2.62. The lowest BCUT2D eigenvalue weighted by Gasteiger charge is -2.09. The Labute approximate surface area is 98.1 Å². The molecule has 82 valence electrons. The lowest BCUT2D eigenvalue weighted by atomic mass is 10.2. The van der Waals surface area contributed by atoms with E-state index in [-0.39, 0.29) is 6.61 Å². The number of carbonyl (C=O) groups is 1.